The highest BCUT2D eigenvalue weighted by molar-refractivity contribution is 6.59. The molecule has 0 fully saturated rings. The quantitative estimate of drug-likeness (QED) is 0.702. The van der Waals surface area contributed by atoms with E-state index in [-0.39, 0.29) is 6.61 Å². The minimum Gasteiger partial charge on any atom is -0.433 e. The van der Waals surface area contributed by atoms with Gasteiger partial charge in [-0.1, -0.05) is 30.9 Å². The number of hydrogen-bond acceptors (Lipinski definition) is 7. The molecule has 1 aromatic rings. The second kappa shape index (κ2) is 8.25. The van der Waals surface area contributed by atoms with Crippen molar-refractivity contribution in [1.29, 1.82) is 0 Å². The summed E-state index contributed by atoms with van der Waals surface area (Å²) in [5.74, 6) is -2.38. The van der Waals surface area contributed by atoms with Crippen LogP contribution in [-0.2, 0) is 38.7 Å². The van der Waals surface area contributed by atoms with Crippen LogP contribution in [0.3, 0.4) is 0 Å². The minimum absolute atomic E-state index is 0.0816. The molecule has 0 aliphatic carbocycles. The maximum atomic E-state index is 11.3. The fraction of sp³-hybridized carbons (Fsp3) is 0.267. The smallest absolute Gasteiger partial charge is 0.433 e. The van der Waals surface area contributed by atoms with Crippen LogP contribution in [0.25, 0.3) is 6.08 Å². The van der Waals surface area contributed by atoms with Crippen LogP contribution < -0.4 is 0 Å². The van der Waals surface area contributed by atoms with Gasteiger partial charge in [-0.05, 0) is 17.2 Å². The number of carbonyl (C=O) groups is 3. The van der Waals surface area contributed by atoms with E-state index in [0.29, 0.717) is 5.56 Å². The maximum Gasteiger partial charge on any atom is 0.899 e. The Balaban J connectivity index is 3.00. The first kappa shape index (κ1) is 18.6. The van der Waals surface area contributed by atoms with Crippen LogP contribution in [0.1, 0.15) is 31.9 Å². The number of carbonyl (C=O) groups excluding carboxylic acids is 3. The Morgan fingerprint density at radius 2 is 1.57 bits per heavy atom. The Hall–Kier alpha value is -2.45. The Labute approximate surface area is 135 Å². The van der Waals surface area contributed by atoms with E-state index in [2.05, 4.69) is 6.58 Å². The third-order valence-electron chi connectivity index (χ3n) is 2.41. The molecule has 0 aliphatic rings. The molecule has 0 bridgehead atoms. The maximum absolute atomic E-state index is 11.3. The van der Waals surface area contributed by atoms with Crippen molar-refractivity contribution < 1.29 is 32.1 Å². The van der Waals surface area contributed by atoms with Crippen molar-refractivity contribution in [2.24, 2.45) is 0 Å². The topological polar surface area (TPSA) is 88.1 Å². The second-order valence-corrected chi connectivity index (χ2v) is 6.42. The lowest BCUT2D eigenvalue weighted by Crippen LogP contribution is -2.52. The summed E-state index contributed by atoms with van der Waals surface area (Å²) in [4.78, 5) is 33.8. The van der Waals surface area contributed by atoms with Crippen LogP contribution in [0.5, 0.6) is 0 Å². The van der Waals surface area contributed by atoms with Gasteiger partial charge >= 0.3 is 9.05 Å². The molecule has 1 rings (SSSR count). The van der Waals surface area contributed by atoms with Crippen molar-refractivity contribution in [3.63, 3.8) is 0 Å². The monoisotopic (exact) mass is 338 g/mol. The van der Waals surface area contributed by atoms with Gasteiger partial charge in [0.2, 0.25) is 0 Å². The molecule has 0 radical (unpaired) electrons. The minimum atomic E-state index is -4.27. The molecule has 7 nitrogen and oxygen atoms in total. The first-order chi connectivity index (χ1) is 10.8. The summed E-state index contributed by atoms with van der Waals surface area (Å²) in [6.45, 7) is 6.86. The Morgan fingerprint density at radius 3 is 2.00 bits per heavy atom. The number of rotatable bonds is 7. The molecule has 0 atom stereocenters. The molecule has 0 aromatic heterocycles. The Bertz CT molecular complexity index is 571. The van der Waals surface area contributed by atoms with Gasteiger partial charge < -0.3 is 17.7 Å². The second-order valence-electron chi connectivity index (χ2n) is 4.52. The van der Waals surface area contributed by atoms with E-state index in [9.17, 15) is 14.4 Å². The lowest BCUT2D eigenvalue weighted by atomic mass is 10.1. The van der Waals surface area contributed by atoms with Gasteiger partial charge in [-0.2, -0.15) is 0 Å². The lowest BCUT2D eigenvalue weighted by Gasteiger charge is -2.24. The van der Waals surface area contributed by atoms with Crippen molar-refractivity contribution in [2.75, 3.05) is 0 Å². The van der Waals surface area contributed by atoms with Crippen molar-refractivity contribution in [2.45, 2.75) is 27.4 Å². The zero-order valence-electron chi connectivity index (χ0n) is 13.2. The number of hydrogen-bond donors (Lipinski definition) is 0. The fourth-order valence-corrected chi connectivity index (χ4v) is 3.36. The SMILES string of the molecule is C=Cc1cccc(CO[Si](OC(C)=O)(OC(C)=O)OC(C)=O)c1. The summed E-state index contributed by atoms with van der Waals surface area (Å²) in [5, 5.41) is 0. The van der Waals surface area contributed by atoms with E-state index in [4.69, 9.17) is 17.7 Å². The molecule has 1 aromatic carbocycles. The predicted octanol–water partition coefficient (Wildman–Crippen LogP) is 1.97. The van der Waals surface area contributed by atoms with Gasteiger partial charge in [0.1, 0.15) is 0 Å². The molecule has 0 heterocycles. The van der Waals surface area contributed by atoms with Gasteiger partial charge in [0, 0.05) is 20.8 Å². The highest BCUT2D eigenvalue weighted by Gasteiger charge is 2.57. The molecule has 0 aliphatic heterocycles. The molecule has 124 valence electrons. The lowest BCUT2D eigenvalue weighted by molar-refractivity contribution is -0.156. The zero-order chi connectivity index (χ0) is 17.5. The van der Waals surface area contributed by atoms with E-state index in [1.807, 2.05) is 6.07 Å². The van der Waals surface area contributed by atoms with Crippen molar-refractivity contribution >= 4 is 33.0 Å². The van der Waals surface area contributed by atoms with Gasteiger partial charge in [0.05, 0.1) is 6.61 Å². The van der Waals surface area contributed by atoms with E-state index >= 15 is 0 Å². The van der Waals surface area contributed by atoms with Gasteiger partial charge in [0.15, 0.2) is 0 Å². The number of benzene rings is 1. The molecule has 0 amide bonds. The van der Waals surface area contributed by atoms with Crippen LogP contribution in [0, 0.1) is 0 Å². The Kier molecular flexibility index (Phi) is 6.67. The zero-order valence-corrected chi connectivity index (χ0v) is 14.2. The van der Waals surface area contributed by atoms with Gasteiger partial charge in [-0.25, -0.2) is 0 Å². The molecular formula is C15H18O7Si. The van der Waals surface area contributed by atoms with Crippen LogP contribution in [-0.4, -0.2) is 27.0 Å². The molecule has 0 N–H and O–H groups in total. The third kappa shape index (κ3) is 6.45. The third-order valence-corrected chi connectivity index (χ3v) is 4.52. The van der Waals surface area contributed by atoms with Crippen LogP contribution >= 0.6 is 0 Å². The van der Waals surface area contributed by atoms with Gasteiger partial charge in [0.25, 0.3) is 17.9 Å². The molecule has 8 heteroatoms. The van der Waals surface area contributed by atoms with Gasteiger partial charge in [-0.3, -0.25) is 14.4 Å². The summed E-state index contributed by atoms with van der Waals surface area (Å²) >= 11 is 0. The molecule has 0 saturated heterocycles. The normalized spacial score (nSPS) is 10.6. The fourth-order valence-electron chi connectivity index (χ4n) is 1.66. The largest absolute Gasteiger partial charge is 0.899 e. The van der Waals surface area contributed by atoms with Crippen LogP contribution in [0.15, 0.2) is 30.8 Å². The molecule has 0 saturated carbocycles. The summed E-state index contributed by atoms with van der Waals surface area (Å²) in [7, 11) is -4.27. The molecule has 0 spiro atoms. The highest BCUT2D eigenvalue weighted by Crippen LogP contribution is 2.17. The standard InChI is InChI=1S/C15H18O7Si/c1-5-14-7-6-8-15(9-14)10-19-23(20-11(2)16,21-12(3)17)22-13(4)18/h5-9H,1,10H2,2-4H3. The van der Waals surface area contributed by atoms with E-state index in [0.717, 1.165) is 26.3 Å². The first-order valence-electron chi connectivity index (χ1n) is 6.70. The summed E-state index contributed by atoms with van der Waals surface area (Å²) in [6.07, 6.45) is 1.65. The summed E-state index contributed by atoms with van der Waals surface area (Å²) < 4.78 is 20.2. The van der Waals surface area contributed by atoms with E-state index < -0.39 is 27.0 Å². The van der Waals surface area contributed by atoms with Crippen molar-refractivity contribution in [1.82, 2.24) is 0 Å². The molecule has 23 heavy (non-hydrogen) atoms. The predicted molar refractivity (Wildman–Crippen MR) is 82.4 cm³/mol. The van der Waals surface area contributed by atoms with E-state index in [1.54, 1.807) is 24.3 Å². The average molecular weight is 338 g/mol. The Morgan fingerprint density at radius 1 is 1.04 bits per heavy atom. The average Bonchev–Trinajstić information content (AvgIpc) is 2.43. The molecular weight excluding hydrogens is 320 g/mol. The molecule has 0 unspecified atom stereocenters. The summed E-state index contributed by atoms with van der Waals surface area (Å²) in [5.41, 5.74) is 1.55. The summed E-state index contributed by atoms with van der Waals surface area (Å²) in [6, 6.07) is 7.15. The highest BCUT2D eigenvalue weighted by atomic mass is 28.4. The van der Waals surface area contributed by atoms with E-state index in [1.165, 1.54) is 0 Å². The van der Waals surface area contributed by atoms with Crippen molar-refractivity contribution in [3.8, 4) is 0 Å². The first-order valence-corrected chi connectivity index (χ1v) is 8.33. The van der Waals surface area contributed by atoms with Crippen LogP contribution in [0.4, 0.5) is 0 Å². The van der Waals surface area contributed by atoms with Gasteiger partial charge in [-0.15, -0.1) is 0 Å². The van der Waals surface area contributed by atoms with Crippen molar-refractivity contribution in [3.05, 3.63) is 42.0 Å². The van der Waals surface area contributed by atoms with Crippen LogP contribution in [0.2, 0.25) is 0 Å².